The minimum atomic E-state index is 0.00534. The molecular weight excluding hydrogens is 278 g/mol. The monoisotopic (exact) mass is 293 g/mol. The molecule has 1 aromatic heterocycles. The van der Waals surface area contributed by atoms with Gasteiger partial charge in [-0.3, -0.25) is 0 Å². The van der Waals surface area contributed by atoms with Crippen molar-refractivity contribution in [3.05, 3.63) is 40.5 Å². The Bertz CT molecular complexity index is 538. The molecule has 0 bridgehead atoms. The van der Waals surface area contributed by atoms with Crippen molar-refractivity contribution >= 4 is 21.7 Å². The zero-order valence-electron chi connectivity index (χ0n) is 10.2. The highest BCUT2D eigenvalue weighted by Gasteiger charge is 2.19. The molecule has 0 saturated carbocycles. The summed E-state index contributed by atoms with van der Waals surface area (Å²) in [6, 6.07) is 9.86. The lowest BCUT2D eigenvalue weighted by Gasteiger charge is -2.14. The minimum Gasteiger partial charge on any atom is -0.384 e. The summed E-state index contributed by atoms with van der Waals surface area (Å²) in [5.41, 5.74) is 7.97. The van der Waals surface area contributed by atoms with Crippen LogP contribution in [0, 0.1) is 0 Å². The van der Waals surface area contributed by atoms with Crippen LogP contribution in [0.4, 0.5) is 5.82 Å². The Labute approximate surface area is 110 Å². The fraction of sp³-hybridized carbons (Fsp3) is 0.308. The van der Waals surface area contributed by atoms with Crippen LogP contribution in [0.2, 0.25) is 0 Å². The maximum absolute atomic E-state index is 6.01. The van der Waals surface area contributed by atoms with E-state index in [0.717, 1.165) is 15.9 Å². The molecule has 1 heterocycles. The standard InChI is InChI=1S/C13H16BrN3/c1-13(2,3)11-8-12(15)17(16-11)10-6-4-5-9(14)7-10/h4-8H,15H2,1-3H3. The van der Waals surface area contributed by atoms with Gasteiger partial charge in [-0.2, -0.15) is 5.10 Å². The maximum Gasteiger partial charge on any atom is 0.127 e. The first-order chi connectivity index (χ1) is 7.88. The molecule has 0 amide bonds. The number of nitrogens with two attached hydrogens (primary N) is 1. The van der Waals surface area contributed by atoms with Crippen LogP contribution < -0.4 is 5.73 Å². The van der Waals surface area contributed by atoms with Crippen LogP contribution >= 0.6 is 15.9 Å². The Kier molecular flexibility index (Phi) is 3.00. The highest BCUT2D eigenvalue weighted by Crippen LogP contribution is 2.25. The van der Waals surface area contributed by atoms with E-state index in [1.807, 2.05) is 30.3 Å². The molecule has 90 valence electrons. The third-order valence-electron chi connectivity index (χ3n) is 2.56. The van der Waals surface area contributed by atoms with E-state index < -0.39 is 0 Å². The van der Waals surface area contributed by atoms with Crippen LogP contribution in [0.1, 0.15) is 26.5 Å². The molecule has 17 heavy (non-hydrogen) atoms. The molecule has 0 radical (unpaired) electrons. The first kappa shape index (κ1) is 12.2. The highest BCUT2D eigenvalue weighted by molar-refractivity contribution is 9.10. The molecule has 2 aromatic rings. The number of hydrogen-bond donors (Lipinski definition) is 1. The van der Waals surface area contributed by atoms with E-state index in [2.05, 4.69) is 41.8 Å². The molecule has 4 heteroatoms. The van der Waals surface area contributed by atoms with E-state index >= 15 is 0 Å². The number of rotatable bonds is 1. The van der Waals surface area contributed by atoms with Crippen molar-refractivity contribution in [2.75, 3.05) is 5.73 Å². The van der Waals surface area contributed by atoms with Crippen LogP contribution in [-0.4, -0.2) is 9.78 Å². The summed E-state index contributed by atoms with van der Waals surface area (Å²) in [5, 5.41) is 4.56. The number of nitrogen functional groups attached to an aromatic ring is 1. The molecule has 0 atom stereocenters. The average molecular weight is 294 g/mol. The number of benzene rings is 1. The van der Waals surface area contributed by atoms with Crippen LogP contribution in [0.5, 0.6) is 0 Å². The van der Waals surface area contributed by atoms with E-state index in [1.165, 1.54) is 0 Å². The van der Waals surface area contributed by atoms with Crippen molar-refractivity contribution in [1.29, 1.82) is 0 Å². The first-order valence-electron chi connectivity index (χ1n) is 5.50. The van der Waals surface area contributed by atoms with Crippen molar-refractivity contribution in [3.63, 3.8) is 0 Å². The summed E-state index contributed by atoms with van der Waals surface area (Å²) in [6.07, 6.45) is 0. The largest absolute Gasteiger partial charge is 0.384 e. The van der Waals surface area contributed by atoms with Gasteiger partial charge in [-0.1, -0.05) is 42.8 Å². The van der Waals surface area contributed by atoms with Gasteiger partial charge in [-0.15, -0.1) is 0 Å². The molecule has 0 saturated heterocycles. The van der Waals surface area contributed by atoms with Crippen molar-refractivity contribution in [2.45, 2.75) is 26.2 Å². The van der Waals surface area contributed by atoms with Gasteiger partial charge in [0.15, 0.2) is 0 Å². The van der Waals surface area contributed by atoms with Crippen LogP contribution in [0.15, 0.2) is 34.8 Å². The van der Waals surface area contributed by atoms with E-state index in [4.69, 9.17) is 5.73 Å². The normalized spacial score (nSPS) is 11.8. The van der Waals surface area contributed by atoms with Crippen LogP contribution in [-0.2, 0) is 5.41 Å². The number of nitrogens with zero attached hydrogens (tertiary/aromatic N) is 2. The Morgan fingerprint density at radius 1 is 1.24 bits per heavy atom. The second-order valence-corrected chi connectivity index (χ2v) is 6.01. The Morgan fingerprint density at radius 3 is 2.47 bits per heavy atom. The molecule has 0 fully saturated rings. The van der Waals surface area contributed by atoms with Gasteiger partial charge in [0.2, 0.25) is 0 Å². The lowest BCUT2D eigenvalue weighted by atomic mass is 9.92. The van der Waals surface area contributed by atoms with Gasteiger partial charge in [-0.25, -0.2) is 4.68 Å². The van der Waals surface area contributed by atoms with Crippen LogP contribution in [0.3, 0.4) is 0 Å². The number of hydrogen-bond acceptors (Lipinski definition) is 2. The molecule has 0 aliphatic rings. The Hall–Kier alpha value is -1.29. The third-order valence-corrected chi connectivity index (χ3v) is 3.05. The highest BCUT2D eigenvalue weighted by atomic mass is 79.9. The summed E-state index contributed by atoms with van der Waals surface area (Å²) in [6.45, 7) is 6.38. The molecule has 2 rings (SSSR count). The van der Waals surface area contributed by atoms with Gasteiger partial charge >= 0.3 is 0 Å². The third kappa shape index (κ3) is 2.52. The summed E-state index contributed by atoms with van der Waals surface area (Å²) in [5.74, 6) is 0.660. The first-order valence-corrected chi connectivity index (χ1v) is 6.29. The van der Waals surface area contributed by atoms with Gasteiger partial charge < -0.3 is 5.73 Å². The maximum atomic E-state index is 6.01. The lowest BCUT2D eigenvalue weighted by molar-refractivity contribution is 0.560. The summed E-state index contributed by atoms with van der Waals surface area (Å²) in [7, 11) is 0. The zero-order valence-corrected chi connectivity index (χ0v) is 11.8. The molecule has 1 aromatic carbocycles. The fourth-order valence-electron chi connectivity index (χ4n) is 1.58. The van der Waals surface area contributed by atoms with Crippen LogP contribution in [0.25, 0.3) is 5.69 Å². The zero-order chi connectivity index (χ0) is 12.6. The number of aromatic nitrogens is 2. The number of halogens is 1. The quantitative estimate of drug-likeness (QED) is 0.874. The van der Waals surface area contributed by atoms with Crippen molar-refractivity contribution in [3.8, 4) is 5.69 Å². The summed E-state index contributed by atoms with van der Waals surface area (Å²) >= 11 is 3.45. The van der Waals surface area contributed by atoms with E-state index in [-0.39, 0.29) is 5.41 Å². The minimum absolute atomic E-state index is 0.00534. The van der Waals surface area contributed by atoms with Gasteiger partial charge in [0, 0.05) is 16.0 Å². The smallest absolute Gasteiger partial charge is 0.127 e. The summed E-state index contributed by atoms with van der Waals surface area (Å²) in [4.78, 5) is 0. The van der Waals surface area contributed by atoms with E-state index in [1.54, 1.807) is 4.68 Å². The Morgan fingerprint density at radius 2 is 1.94 bits per heavy atom. The SMILES string of the molecule is CC(C)(C)c1cc(N)n(-c2cccc(Br)c2)n1. The Balaban J connectivity index is 2.50. The number of anilines is 1. The van der Waals surface area contributed by atoms with Crippen molar-refractivity contribution in [1.82, 2.24) is 9.78 Å². The predicted molar refractivity (Wildman–Crippen MR) is 74.4 cm³/mol. The van der Waals surface area contributed by atoms with Crippen molar-refractivity contribution < 1.29 is 0 Å². The van der Waals surface area contributed by atoms with Crippen molar-refractivity contribution in [2.24, 2.45) is 0 Å². The van der Waals surface area contributed by atoms with Gasteiger partial charge in [0.25, 0.3) is 0 Å². The summed E-state index contributed by atoms with van der Waals surface area (Å²) < 4.78 is 2.79. The molecule has 2 N–H and O–H groups in total. The second kappa shape index (κ2) is 4.18. The molecule has 3 nitrogen and oxygen atoms in total. The molecule has 0 aliphatic heterocycles. The predicted octanol–water partition coefficient (Wildman–Crippen LogP) is 3.51. The van der Waals surface area contributed by atoms with Gasteiger partial charge in [-0.05, 0) is 18.2 Å². The van der Waals surface area contributed by atoms with Gasteiger partial charge in [0.05, 0.1) is 11.4 Å². The second-order valence-electron chi connectivity index (χ2n) is 5.10. The van der Waals surface area contributed by atoms with E-state index in [9.17, 15) is 0 Å². The lowest BCUT2D eigenvalue weighted by Crippen LogP contribution is -2.12. The molecule has 0 spiro atoms. The molecule has 0 unspecified atom stereocenters. The molecular formula is C13H16BrN3. The average Bonchev–Trinajstić information content (AvgIpc) is 2.60. The topological polar surface area (TPSA) is 43.8 Å². The fourth-order valence-corrected chi connectivity index (χ4v) is 1.96. The van der Waals surface area contributed by atoms with E-state index in [0.29, 0.717) is 5.82 Å². The van der Waals surface area contributed by atoms with Gasteiger partial charge in [0.1, 0.15) is 5.82 Å². The molecule has 0 aliphatic carbocycles.